The summed E-state index contributed by atoms with van der Waals surface area (Å²) < 4.78 is 0. The molecule has 2 unspecified atom stereocenters. The number of carbonyl (C=O) groups excluding carboxylic acids is 2. The van der Waals surface area contributed by atoms with Gasteiger partial charge < -0.3 is 5.11 Å². The normalized spacial score (nSPS) is 29.7. The zero-order valence-corrected chi connectivity index (χ0v) is 11.1. The lowest BCUT2D eigenvalue weighted by Gasteiger charge is -2.20. The summed E-state index contributed by atoms with van der Waals surface area (Å²) in [5, 5.41) is 8.63. The Morgan fingerprint density at radius 3 is 2.35 bits per heavy atom. The first kappa shape index (κ1) is 12.9. The van der Waals surface area contributed by atoms with Crippen LogP contribution in [0.4, 0.5) is 0 Å². The van der Waals surface area contributed by atoms with E-state index in [4.69, 9.17) is 5.11 Å². The van der Waals surface area contributed by atoms with Crippen LogP contribution in [0, 0.1) is 17.3 Å². The highest BCUT2D eigenvalue weighted by Gasteiger charge is 2.72. The van der Waals surface area contributed by atoms with E-state index in [-0.39, 0.29) is 35.7 Å². The minimum Gasteiger partial charge on any atom is -0.396 e. The summed E-state index contributed by atoms with van der Waals surface area (Å²) in [5.74, 6) is 1.58. The maximum Gasteiger partial charge on any atom is 0.233 e. The highest BCUT2D eigenvalue weighted by atomic mass is 32.2. The standard InChI is InChI=1S/C12H19NO3S/c1-12(2)8-9(12)11(16)13(10(8)15)4-7-17-6-3-5-14/h8-9,14H,3-7H2,1-2H3. The first-order chi connectivity index (χ1) is 8.01. The lowest BCUT2D eigenvalue weighted by molar-refractivity contribution is -0.142. The molecule has 2 amide bonds. The lowest BCUT2D eigenvalue weighted by atomic mass is 10.1. The molecule has 0 bridgehead atoms. The van der Waals surface area contributed by atoms with E-state index in [1.54, 1.807) is 11.8 Å². The van der Waals surface area contributed by atoms with Crippen molar-refractivity contribution in [3.8, 4) is 0 Å². The Bertz CT molecular complexity index is 319. The predicted molar refractivity (Wildman–Crippen MR) is 66.5 cm³/mol. The number of amides is 2. The van der Waals surface area contributed by atoms with E-state index in [1.807, 2.05) is 13.8 Å². The molecule has 2 aliphatic rings. The molecule has 0 aromatic heterocycles. The van der Waals surface area contributed by atoms with Gasteiger partial charge in [-0.2, -0.15) is 11.8 Å². The molecule has 1 aliphatic carbocycles. The Balaban J connectivity index is 1.77. The van der Waals surface area contributed by atoms with Gasteiger partial charge in [-0.3, -0.25) is 14.5 Å². The SMILES string of the molecule is CC1(C)C2C(=O)N(CCSCCCO)C(=O)C21. The summed E-state index contributed by atoms with van der Waals surface area (Å²) in [7, 11) is 0. The average molecular weight is 257 g/mol. The maximum atomic E-state index is 11.9. The third-order valence-corrected chi connectivity index (χ3v) is 4.85. The highest BCUT2D eigenvalue weighted by molar-refractivity contribution is 7.99. The number of imide groups is 1. The van der Waals surface area contributed by atoms with Crippen LogP contribution in [-0.4, -0.2) is 46.5 Å². The van der Waals surface area contributed by atoms with Crippen LogP contribution in [0.3, 0.4) is 0 Å². The molecule has 2 fully saturated rings. The first-order valence-electron chi connectivity index (χ1n) is 6.05. The molecule has 96 valence electrons. The van der Waals surface area contributed by atoms with E-state index in [1.165, 1.54) is 4.90 Å². The first-order valence-corrected chi connectivity index (χ1v) is 7.21. The number of fused-ring (bicyclic) bond motifs is 1. The van der Waals surface area contributed by atoms with Crippen molar-refractivity contribution >= 4 is 23.6 Å². The number of rotatable bonds is 6. The summed E-state index contributed by atoms with van der Waals surface area (Å²) in [5.41, 5.74) is -0.102. The smallest absolute Gasteiger partial charge is 0.233 e. The Hall–Kier alpha value is -0.550. The van der Waals surface area contributed by atoms with Crippen LogP contribution in [0.5, 0.6) is 0 Å². The third-order valence-electron chi connectivity index (χ3n) is 3.80. The molecule has 1 N–H and O–H groups in total. The quantitative estimate of drug-likeness (QED) is 0.563. The van der Waals surface area contributed by atoms with Crippen molar-refractivity contribution < 1.29 is 14.7 Å². The molecule has 0 aromatic rings. The minimum absolute atomic E-state index is 0.0211. The number of hydrogen-bond donors (Lipinski definition) is 1. The number of aliphatic hydroxyl groups excluding tert-OH is 1. The van der Waals surface area contributed by atoms with E-state index < -0.39 is 0 Å². The van der Waals surface area contributed by atoms with Gasteiger partial charge in [0.25, 0.3) is 0 Å². The van der Waals surface area contributed by atoms with E-state index in [9.17, 15) is 9.59 Å². The molecule has 1 heterocycles. The van der Waals surface area contributed by atoms with Gasteiger partial charge in [-0.15, -0.1) is 0 Å². The third kappa shape index (κ3) is 2.10. The summed E-state index contributed by atoms with van der Waals surface area (Å²) in [6.07, 6.45) is 0.769. The minimum atomic E-state index is -0.102. The van der Waals surface area contributed by atoms with Gasteiger partial charge in [-0.25, -0.2) is 0 Å². The molecule has 1 saturated heterocycles. The van der Waals surface area contributed by atoms with Crippen molar-refractivity contribution in [2.75, 3.05) is 24.7 Å². The Kier molecular flexibility index (Phi) is 3.50. The largest absolute Gasteiger partial charge is 0.396 e. The molecular formula is C12H19NO3S. The van der Waals surface area contributed by atoms with Crippen molar-refractivity contribution in [2.45, 2.75) is 20.3 Å². The topological polar surface area (TPSA) is 57.6 Å². The fourth-order valence-electron chi connectivity index (χ4n) is 2.65. The van der Waals surface area contributed by atoms with E-state index in [0.717, 1.165) is 17.9 Å². The number of carbonyl (C=O) groups is 2. The molecule has 0 radical (unpaired) electrons. The second-order valence-corrected chi connectivity index (χ2v) is 6.52. The maximum absolute atomic E-state index is 11.9. The molecule has 1 aliphatic heterocycles. The Morgan fingerprint density at radius 2 is 1.82 bits per heavy atom. The van der Waals surface area contributed by atoms with Gasteiger partial charge in [0.05, 0.1) is 11.8 Å². The van der Waals surface area contributed by atoms with Crippen molar-refractivity contribution in [1.82, 2.24) is 4.90 Å². The van der Waals surface area contributed by atoms with Gasteiger partial charge in [-0.1, -0.05) is 13.8 Å². The summed E-state index contributed by atoms with van der Waals surface area (Å²) in [6.45, 7) is 4.71. The molecule has 0 spiro atoms. The van der Waals surface area contributed by atoms with Gasteiger partial charge in [0, 0.05) is 18.9 Å². The second kappa shape index (κ2) is 4.61. The molecule has 0 aromatic carbocycles. The van der Waals surface area contributed by atoms with Crippen LogP contribution in [0.1, 0.15) is 20.3 Å². The van der Waals surface area contributed by atoms with Gasteiger partial charge in [0.15, 0.2) is 0 Å². The van der Waals surface area contributed by atoms with Gasteiger partial charge in [0.2, 0.25) is 11.8 Å². The van der Waals surface area contributed by atoms with E-state index in [0.29, 0.717) is 6.54 Å². The molecule has 2 rings (SSSR count). The van der Waals surface area contributed by atoms with Crippen LogP contribution in [0.2, 0.25) is 0 Å². The van der Waals surface area contributed by atoms with E-state index in [2.05, 4.69) is 0 Å². The zero-order chi connectivity index (χ0) is 12.6. The predicted octanol–water partition coefficient (Wildman–Crippen LogP) is 0.743. The summed E-state index contributed by atoms with van der Waals surface area (Å²) in [6, 6.07) is 0. The number of hydrogen-bond acceptors (Lipinski definition) is 4. The zero-order valence-electron chi connectivity index (χ0n) is 10.3. The van der Waals surface area contributed by atoms with Crippen LogP contribution < -0.4 is 0 Å². The number of nitrogens with zero attached hydrogens (tertiary/aromatic N) is 1. The van der Waals surface area contributed by atoms with Gasteiger partial charge in [0.1, 0.15) is 0 Å². The number of piperidine rings is 1. The average Bonchev–Trinajstić information content (AvgIpc) is 2.74. The molecule has 1 saturated carbocycles. The fourth-order valence-corrected chi connectivity index (χ4v) is 3.50. The Labute approximate surface area is 106 Å². The highest BCUT2D eigenvalue weighted by Crippen LogP contribution is 2.63. The van der Waals surface area contributed by atoms with Crippen molar-refractivity contribution in [3.05, 3.63) is 0 Å². The van der Waals surface area contributed by atoms with Crippen LogP contribution in [-0.2, 0) is 9.59 Å². The lowest BCUT2D eigenvalue weighted by Crippen LogP contribution is -2.37. The van der Waals surface area contributed by atoms with E-state index >= 15 is 0 Å². The molecule has 4 nitrogen and oxygen atoms in total. The molecule has 2 atom stereocenters. The Morgan fingerprint density at radius 1 is 1.24 bits per heavy atom. The van der Waals surface area contributed by atoms with Crippen molar-refractivity contribution in [3.63, 3.8) is 0 Å². The monoisotopic (exact) mass is 257 g/mol. The second-order valence-electron chi connectivity index (χ2n) is 5.29. The van der Waals surface area contributed by atoms with Crippen LogP contribution in [0.15, 0.2) is 0 Å². The molecular weight excluding hydrogens is 238 g/mol. The fraction of sp³-hybridized carbons (Fsp3) is 0.833. The number of thioether (sulfide) groups is 1. The summed E-state index contributed by atoms with van der Waals surface area (Å²) >= 11 is 1.68. The van der Waals surface area contributed by atoms with Crippen LogP contribution >= 0.6 is 11.8 Å². The van der Waals surface area contributed by atoms with Gasteiger partial charge >= 0.3 is 0 Å². The number of likely N-dealkylation sites (tertiary alicyclic amines) is 1. The molecule has 5 heteroatoms. The van der Waals surface area contributed by atoms with Crippen molar-refractivity contribution in [2.24, 2.45) is 17.3 Å². The van der Waals surface area contributed by atoms with Crippen molar-refractivity contribution in [1.29, 1.82) is 0 Å². The molecule has 17 heavy (non-hydrogen) atoms. The number of aliphatic hydroxyl groups is 1. The summed E-state index contributed by atoms with van der Waals surface area (Å²) in [4.78, 5) is 25.3. The van der Waals surface area contributed by atoms with Crippen LogP contribution in [0.25, 0.3) is 0 Å². The van der Waals surface area contributed by atoms with Gasteiger partial charge in [-0.05, 0) is 17.6 Å².